The summed E-state index contributed by atoms with van der Waals surface area (Å²) in [6, 6.07) is 27.2. The highest BCUT2D eigenvalue weighted by Gasteiger charge is 2.33. The molecule has 0 aromatic heterocycles. The summed E-state index contributed by atoms with van der Waals surface area (Å²) in [6.45, 7) is 1.53. The molecule has 1 aliphatic heterocycles. The zero-order chi connectivity index (χ0) is 18.6. The van der Waals surface area contributed by atoms with E-state index < -0.39 is 0 Å². The summed E-state index contributed by atoms with van der Waals surface area (Å²) in [5.41, 5.74) is 4.61. The van der Waals surface area contributed by atoms with E-state index in [1.165, 1.54) is 5.56 Å². The molecular formula is C24H20N2O. The van der Waals surface area contributed by atoms with Crippen molar-refractivity contribution in [3.63, 3.8) is 0 Å². The predicted molar refractivity (Wildman–Crippen MR) is 105 cm³/mol. The van der Waals surface area contributed by atoms with Gasteiger partial charge in [-0.2, -0.15) is 5.26 Å². The molecule has 1 unspecified atom stereocenters. The number of benzene rings is 3. The molecule has 1 aliphatic rings. The highest BCUT2D eigenvalue weighted by atomic mass is 16.1. The summed E-state index contributed by atoms with van der Waals surface area (Å²) in [4.78, 5) is 15.7. The minimum Gasteiger partial charge on any atom is -0.292 e. The van der Waals surface area contributed by atoms with Crippen LogP contribution in [0.15, 0.2) is 78.9 Å². The van der Waals surface area contributed by atoms with Gasteiger partial charge < -0.3 is 0 Å². The first-order valence-electron chi connectivity index (χ1n) is 9.16. The second kappa shape index (κ2) is 7.57. The number of carbonyl (C=O) groups excluding carboxylic acids is 1. The summed E-state index contributed by atoms with van der Waals surface area (Å²) in [6.07, 6.45) is 0.881. The fraction of sp³-hybridized carbons (Fsp3) is 0.167. The van der Waals surface area contributed by atoms with Gasteiger partial charge >= 0.3 is 0 Å². The number of carbonyl (C=O) groups is 1. The Bertz CT molecular complexity index is 990. The normalized spacial score (nSPS) is 16.3. The molecule has 0 saturated carbocycles. The number of fused-ring (bicyclic) bond motifs is 1. The first-order valence-corrected chi connectivity index (χ1v) is 9.16. The van der Waals surface area contributed by atoms with Crippen LogP contribution in [0.2, 0.25) is 0 Å². The summed E-state index contributed by atoms with van der Waals surface area (Å²) < 4.78 is 0. The third-order valence-electron chi connectivity index (χ3n) is 5.14. The standard InChI is InChI=1S/C24H20N2O/c25-16-19-11-12-20-13-14-26(17-18-7-3-1-4-8-18)23(22(20)15-19)24(27)21-9-5-2-6-10-21/h1-12,15,23H,13-14,17H2. The molecule has 27 heavy (non-hydrogen) atoms. The number of hydrogen-bond donors (Lipinski definition) is 0. The molecule has 0 amide bonds. The topological polar surface area (TPSA) is 44.1 Å². The monoisotopic (exact) mass is 352 g/mol. The van der Waals surface area contributed by atoms with Gasteiger partial charge in [-0.15, -0.1) is 0 Å². The summed E-state index contributed by atoms with van der Waals surface area (Å²) >= 11 is 0. The van der Waals surface area contributed by atoms with Gasteiger partial charge in [0.2, 0.25) is 0 Å². The molecular weight excluding hydrogens is 332 g/mol. The molecule has 0 N–H and O–H groups in total. The molecule has 3 nitrogen and oxygen atoms in total. The van der Waals surface area contributed by atoms with Crippen LogP contribution < -0.4 is 0 Å². The quantitative estimate of drug-likeness (QED) is 0.648. The van der Waals surface area contributed by atoms with Gasteiger partial charge in [0.1, 0.15) is 0 Å². The maximum absolute atomic E-state index is 13.4. The third kappa shape index (κ3) is 3.53. The average Bonchev–Trinajstić information content (AvgIpc) is 2.74. The van der Waals surface area contributed by atoms with Crippen LogP contribution in [-0.4, -0.2) is 17.2 Å². The molecule has 0 spiro atoms. The van der Waals surface area contributed by atoms with Crippen molar-refractivity contribution in [2.75, 3.05) is 6.54 Å². The van der Waals surface area contributed by atoms with Gasteiger partial charge in [0.15, 0.2) is 5.78 Å². The van der Waals surface area contributed by atoms with Crippen LogP contribution in [0, 0.1) is 11.3 Å². The van der Waals surface area contributed by atoms with E-state index in [1.807, 2.05) is 66.7 Å². The Morgan fingerprint density at radius 3 is 2.41 bits per heavy atom. The van der Waals surface area contributed by atoms with Gasteiger partial charge in [0.05, 0.1) is 17.7 Å². The molecule has 1 atom stereocenters. The molecule has 0 aliphatic carbocycles. The van der Waals surface area contributed by atoms with E-state index in [-0.39, 0.29) is 11.8 Å². The van der Waals surface area contributed by atoms with E-state index in [4.69, 9.17) is 0 Å². The minimum absolute atomic E-state index is 0.0857. The lowest BCUT2D eigenvalue weighted by molar-refractivity contribution is 0.0787. The van der Waals surface area contributed by atoms with Gasteiger partial charge in [0, 0.05) is 18.7 Å². The predicted octanol–water partition coefficient (Wildman–Crippen LogP) is 4.54. The maximum Gasteiger partial charge on any atom is 0.184 e. The number of hydrogen-bond acceptors (Lipinski definition) is 3. The van der Waals surface area contributed by atoms with Crippen molar-refractivity contribution in [3.8, 4) is 6.07 Å². The van der Waals surface area contributed by atoms with Gasteiger partial charge in [0.25, 0.3) is 0 Å². The van der Waals surface area contributed by atoms with E-state index in [9.17, 15) is 10.1 Å². The SMILES string of the molecule is N#Cc1ccc2c(c1)C(C(=O)c1ccccc1)N(Cc1ccccc1)CC2. The zero-order valence-corrected chi connectivity index (χ0v) is 15.0. The van der Waals surface area contributed by atoms with E-state index >= 15 is 0 Å². The second-order valence-electron chi connectivity index (χ2n) is 6.86. The van der Waals surface area contributed by atoms with Crippen LogP contribution in [0.4, 0.5) is 0 Å². The Kier molecular flexibility index (Phi) is 4.82. The Morgan fingerprint density at radius 1 is 1.00 bits per heavy atom. The average molecular weight is 352 g/mol. The highest BCUT2D eigenvalue weighted by Crippen LogP contribution is 2.34. The van der Waals surface area contributed by atoms with Crippen LogP contribution in [0.5, 0.6) is 0 Å². The van der Waals surface area contributed by atoms with Crippen LogP contribution >= 0.6 is 0 Å². The third-order valence-corrected chi connectivity index (χ3v) is 5.14. The zero-order valence-electron chi connectivity index (χ0n) is 15.0. The highest BCUT2D eigenvalue weighted by molar-refractivity contribution is 6.01. The molecule has 0 saturated heterocycles. The Morgan fingerprint density at radius 2 is 1.70 bits per heavy atom. The van der Waals surface area contributed by atoms with Crippen molar-refractivity contribution in [1.29, 1.82) is 5.26 Å². The van der Waals surface area contributed by atoms with Gasteiger partial charge in [-0.25, -0.2) is 0 Å². The fourth-order valence-electron chi connectivity index (χ4n) is 3.79. The smallest absolute Gasteiger partial charge is 0.184 e. The largest absolute Gasteiger partial charge is 0.292 e. The Labute approximate surface area is 159 Å². The van der Waals surface area contributed by atoms with Crippen molar-refractivity contribution in [3.05, 3.63) is 107 Å². The molecule has 0 radical (unpaired) electrons. The first kappa shape index (κ1) is 17.2. The number of Topliss-reactive ketones (excluding diaryl/α,β-unsaturated/α-hetero) is 1. The molecule has 1 heterocycles. The van der Waals surface area contributed by atoms with E-state index in [1.54, 1.807) is 0 Å². The molecule has 4 rings (SSSR count). The number of nitrogens with zero attached hydrogens (tertiary/aromatic N) is 2. The van der Waals surface area contributed by atoms with Crippen molar-refractivity contribution in [1.82, 2.24) is 4.90 Å². The van der Waals surface area contributed by atoms with Crippen molar-refractivity contribution < 1.29 is 4.79 Å². The maximum atomic E-state index is 13.4. The van der Waals surface area contributed by atoms with Crippen molar-refractivity contribution >= 4 is 5.78 Å². The molecule has 3 aromatic rings. The number of ketones is 1. The lowest BCUT2D eigenvalue weighted by Gasteiger charge is -2.36. The molecule has 132 valence electrons. The van der Waals surface area contributed by atoms with E-state index in [0.29, 0.717) is 17.7 Å². The van der Waals surface area contributed by atoms with Gasteiger partial charge in [-0.1, -0.05) is 66.7 Å². The second-order valence-corrected chi connectivity index (χ2v) is 6.86. The van der Waals surface area contributed by atoms with E-state index in [2.05, 4.69) is 23.1 Å². The summed E-state index contributed by atoms with van der Waals surface area (Å²) in [5.74, 6) is 0.0857. The van der Waals surface area contributed by atoms with Crippen LogP contribution in [-0.2, 0) is 13.0 Å². The Hall–Kier alpha value is -3.22. The van der Waals surface area contributed by atoms with Crippen molar-refractivity contribution in [2.45, 2.75) is 19.0 Å². The summed E-state index contributed by atoms with van der Waals surface area (Å²) in [7, 11) is 0. The Balaban J connectivity index is 1.77. The lowest BCUT2D eigenvalue weighted by atomic mass is 9.86. The van der Waals surface area contributed by atoms with Gasteiger partial charge in [-0.3, -0.25) is 9.69 Å². The molecule has 3 heteroatoms. The number of rotatable bonds is 4. The first-order chi connectivity index (χ1) is 13.3. The van der Waals surface area contributed by atoms with Crippen LogP contribution in [0.25, 0.3) is 0 Å². The fourth-order valence-corrected chi connectivity index (χ4v) is 3.79. The van der Waals surface area contributed by atoms with Crippen LogP contribution in [0.1, 0.15) is 38.7 Å². The minimum atomic E-state index is -0.371. The summed E-state index contributed by atoms with van der Waals surface area (Å²) in [5, 5.41) is 9.33. The molecule has 0 fully saturated rings. The van der Waals surface area contributed by atoms with Gasteiger partial charge in [-0.05, 0) is 35.2 Å². The molecule has 3 aromatic carbocycles. The lowest BCUT2D eigenvalue weighted by Crippen LogP contribution is -2.39. The van der Waals surface area contributed by atoms with E-state index in [0.717, 1.165) is 24.1 Å². The number of nitriles is 1. The van der Waals surface area contributed by atoms with Crippen LogP contribution in [0.3, 0.4) is 0 Å². The molecule has 0 bridgehead atoms. The van der Waals surface area contributed by atoms with Crippen molar-refractivity contribution in [2.24, 2.45) is 0 Å².